The predicted octanol–water partition coefficient (Wildman–Crippen LogP) is 9.29. The van der Waals surface area contributed by atoms with Crippen molar-refractivity contribution < 1.29 is 56.0 Å². The molecule has 0 aliphatic heterocycles. The Hall–Kier alpha value is -5.66. The Morgan fingerprint density at radius 1 is 0.627 bits per heavy atom. The van der Waals surface area contributed by atoms with Gasteiger partial charge < -0.3 is 20.1 Å². The van der Waals surface area contributed by atoms with Crippen molar-refractivity contribution in [3.8, 4) is 11.5 Å². The first kappa shape index (κ1) is 36.6. The molecular formula is C37H30F6N2O6. The van der Waals surface area contributed by atoms with Crippen molar-refractivity contribution in [1.29, 1.82) is 0 Å². The van der Waals surface area contributed by atoms with Gasteiger partial charge in [0.2, 0.25) is 0 Å². The van der Waals surface area contributed by atoms with Crippen molar-refractivity contribution in [3.05, 3.63) is 118 Å². The topological polar surface area (TPSA) is 130 Å². The van der Waals surface area contributed by atoms with Crippen LogP contribution in [0.5, 0.6) is 11.5 Å². The molecular weight excluding hydrogens is 682 g/mol. The Labute approximate surface area is 287 Å². The minimum atomic E-state index is -4.51. The number of aromatic nitrogens is 2. The zero-order chi connectivity index (χ0) is 37.1. The van der Waals surface area contributed by atoms with Gasteiger partial charge in [-0.15, -0.1) is 0 Å². The molecule has 14 heteroatoms. The fraction of sp³-hybridized carbons (Fsp3) is 0.243. The van der Waals surface area contributed by atoms with Gasteiger partial charge in [-0.05, 0) is 121 Å². The number of alkyl halides is 6. The quantitative estimate of drug-likeness (QED) is 0.133. The first-order valence-electron chi connectivity index (χ1n) is 15.6. The summed E-state index contributed by atoms with van der Waals surface area (Å²) in [6, 6.07) is 15.0. The van der Waals surface area contributed by atoms with Gasteiger partial charge in [0.25, 0.3) is 0 Å². The Bertz CT molecular complexity index is 2050. The third-order valence-electron chi connectivity index (χ3n) is 8.46. The molecule has 2 heterocycles. The number of halogens is 6. The maximum atomic E-state index is 13.0. The Morgan fingerprint density at radius 3 is 1.45 bits per heavy atom. The van der Waals surface area contributed by atoms with Crippen LogP contribution in [0.25, 0.3) is 22.3 Å². The van der Waals surface area contributed by atoms with Crippen LogP contribution in [-0.2, 0) is 17.1 Å². The number of carbonyl (C=O) groups excluding carboxylic acids is 1. The first-order chi connectivity index (χ1) is 24.1. The highest BCUT2D eigenvalue weighted by atomic mass is 19.4. The van der Waals surface area contributed by atoms with Crippen LogP contribution in [0, 0.1) is 0 Å². The number of ether oxygens (including phenoxy) is 1. The summed E-state index contributed by atoms with van der Waals surface area (Å²) in [5, 5.41) is 29.2. The second kappa shape index (κ2) is 14.7. The SMILES string of the molecule is COC(=O)c1cccc(C2=C(c3cc(C(F)(F)F)ccc3O)CCC2)n1.O=C(O)c1cccc(C2=C(c3cc(C(F)(F)F)ccc3O)CCC2)n1. The molecule has 0 unspecified atom stereocenters. The van der Waals surface area contributed by atoms with Crippen molar-refractivity contribution in [3.63, 3.8) is 0 Å². The van der Waals surface area contributed by atoms with Gasteiger partial charge in [0, 0.05) is 11.1 Å². The van der Waals surface area contributed by atoms with E-state index < -0.39 is 35.4 Å². The number of aromatic carboxylic acids is 1. The summed E-state index contributed by atoms with van der Waals surface area (Å²) < 4.78 is 82.7. The average Bonchev–Trinajstić information content (AvgIpc) is 3.79. The average molecular weight is 713 g/mol. The number of benzene rings is 2. The highest BCUT2D eigenvalue weighted by Crippen LogP contribution is 2.45. The van der Waals surface area contributed by atoms with Crippen molar-refractivity contribution in [2.75, 3.05) is 7.11 Å². The summed E-state index contributed by atoms with van der Waals surface area (Å²) in [5.74, 6) is -2.22. The molecule has 0 bridgehead atoms. The molecule has 0 atom stereocenters. The van der Waals surface area contributed by atoms with Gasteiger partial charge >= 0.3 is 24.3 Å². The summed E-state index contributed by atoms with van der Waals surface area (Å²) in [6.45, 7) is 0. The van der Waals surface area contributed by atoms with Crippen LogP contribution in [0.3, 0.4) is 0 Å². The lowest BCUT2D eigenvalue weighted by atomic mass is 9.97. The predicted molar refractivity (Wildman–Crippen MR) is 174 cm³/mol. The van der Waals surface area contributed by atoms with Crippen molar-refractivity contribution in [1.82, 2.24) is 9.97 Å². The number of rotatable bonds is 6. The minimum absolute atomic E-state index is 0.116. The fourth-order valence-electron chi connectivity index (χ4n) is 6.10. The number of esters is 1. The molecule has 0 amide bonds. The van der Waals surface area contributed by atoms with Crippen molar-refractivity contribution in [2.45, 2.75) is 50.9 Å². The number of carboxylic acids is 1. The van der Waals surface area contributed by atoms with Crippen LogP contribution in [-0.4, -0.2) is 44.3 Å². The Kier molecular flexibility index (Phi) is 10.5. The molecule has 2 aromatic heterocycles. The summed E-state index contributed by atoms with van der Waals surface area (Å²) in [4.78, 5) is 31.1. The molecule has 0 radical (unpaired) electrons. The van der Waals surface area contributed by atoms with E-state index in [1.54, 1.807) is 24.3 Å². The van der Waals surface area contributed by atoms with Gasteiger partial charge in [0.05, 0.1) is 29.6 Å². The number of pyridine rings is 2. The lowest BCUT2D eigenvalue weighted by Crippen LogP contribution is -2.06. The number of allylic oxidation sites excluding steroid dienone is 4. The highest BCUT2D eigenvalue weighted by molar-refractivity contribution is 5.96. The minimum Gasteiger partial charge on any atom is -0.507 e. The van der Waals surface area contributed by atoms with Crippen LogP contribution < -0.4 is 0 Å². The van der Waals surface area contributed by atoms with Crippen LogP contribution in [0.1, 0.15) is 93.1 Å². The van der Waals surface area contributed by atoms with Gasteiger partial charge in [-0.2, -0.15) is 26.3 Å². The summed E-state index contributed by atoms with van der Waals surface area (Å²) in [5.41, 5.74) is 2.07. The van der Waals surface area contributed by atoms with E-state index in [9.17, 15) is 46.1 Å². The van der Waals surface area contributed by atoms with E-state index in [4.69, 9.17) is 5.11 Å². The van der Waals surface area contributed by atoms with Crippen LogP contribution in [0.15, 0.2) is 72.8 Å². The highest BCUT2D eigenvalue weighted by Gasteiger charge is 2.33. The smallest absolute Gasteiger partial charge is 0.416 e. The van der Waals surface area contributed by atoms with Crippen LogP contribution in [0.2, 0.25) is 0 Å². The number of carbonyl (C=O) groups is 2. The fourth-order valence-corrected chi connectivity index (χ4v) is 6.10. The van der Waals surface area contributed by atoms with Gasteiger partial charge in [-0.25, -0.2) is 19.6 Å². The largest absolute Gasteiger partial charge is 0.507 e. The van der Waals surface area contributed by atoms with Crippen LogP contribution >= 0.6 is 0 Å². The maximum absolute atomic E-state index is 13.0. The number of hydrogen-bond acceptors (Lipinski definition) is 7. The molecule has 4 aromatic rings. The molecule has 0 spiro atoms. The number of carboxylic acid groups (broad SMARTS) is 1. The Balaban J connectivity index is 0.000000198. The zero-order valence-electron chi connectivity index (χ0n) is 26.9. The molecule has 2 aliphatic rings. The first-order valence-corrected chi connectivity index (χ1v) is 15.6. The molecule has 6 rings (SSSR count). The molecule has 2 aromatic carbocycles. The summed E-state index contributed by atoms with van der Waals surface area (Å²) in [7, 11) is 1.25. The standard InChI is InChI=1S/C19H16F3NO3.C18H14F3NO3/c1-26-18(25)16-7-3-6-15(23-16)13-5-2-4-12(13)14-10-11(19(20,21)22)8-9-17(14)24;19-18(20,21)10-7-8-16(23)13(9-10)11-3-1-4-12(11)14-5-2-6-15(22-14)17(24)25/h3,6-10,24H,2,4-5H2,1H3;2,5-9,23H,1,3-4H2,(H,24,25). The van der Waals surface area contributed by atoms with Crippen molar-refractivity contribution >= 4 is 34.2 Å². The maximum Gasteiger partial charge on any atom is 0.416 e. The number of nitrogens with zero attached hydrogens (tertiary/aromatic N) is 2. The molecule has 2 aliphatic carbocycles. The van der Waals surface area contributed by atoms with Gasteiger partial charge in [-0.1, -0.05) is 12.1 Å². The molecule has 3 N–H and O–H groups in total. The van der Waals surface area contributed by atoms with E-state index in [2.05, 4.69) is 14.7 Å². The summed E-state index contributed by atoms with van der Waals surface area (Å²) >= 11 is 0. The number of phenols is 2. The zero-order valence-corrected chi connectivity index (χ0v) is 26.9. The molecule has 0 saturated heterocycles. The molecule has 0 fully saturated rings. The monoisotopic (exact) mass is 712 g/mol. The lowest BCUT2D eigenvalue weighted by molar-refractivity contribution is -0.138. The lowest BCUT2D eigenvalue weighted by Gasteiger charge is -2.13. The van der Waals surface area contributed by atoms with E-state index in [0.717, 1.165) is 48.4 Å². The van der Waals surface area contributed by atoms with Gasteiger partial charge in [0.1, 0.15) is 22.9 Å². The molecule has 51 heavy (non-hydrogen) atoms. The van der Waals surface area contributed by atoms with E-state index in [0.29, 0.717) is 60.2 Å². The number of methoxy groups -OCH3 is 1. The number of aromatic hydroxyl groups is 2. The third-order valence-corrected chi connectivity index (χ3v) is 8.46. The summed E-state index contributed by atoms with van der Waals surface area (Å²) in [6.07, 6.45) is -5.42. The number of phenolic OH excluding ortho intramolecular Hbond substituents is 2. The Morgan fingerprint density at radius 2 is 1.04 bits per heavy atom. The normalized spacial score (nSPS) is 14.7. The van der Waals surface area contributed by atoms with Gasteiger partial charge in [0.15, 0.2) is 0 Å². The van der Waals surface area contributed by atoms with Gasteiger partial charge in [-0.3, -0.25) is 0 Å². The van der Waals surface area contributed by atoms with Crippen molar-refractivity contribution in [2.24, 2.45) is 0 Å². The van der Waals surface area contributed by atoms with Crippen LogP contribution in [0.4, 0.5) is 26.3 Å². The van der Waals surface area contributed by atoms with E-state index in [-0.39, 0.29) is 34.0 Å². The second-order valence-corrected chi connectivity index (χ2v) is 11.7. The molecule has 266 valence electrons. The second-order valence-electron chi connectivity index (χ2n) is 11.7. The van der Waals surface area contributed by atoms with E-state index in [1.165, 1.54) is 19.2 Å². The molecule has 8 nitrogen and oxygen atoms in total. The number of hydrogen-bond donors (Lipinski definition) is 3. The molecule has 0 saturated carbocycles. The van der Waals surface area contributed by atoms with E-state index >= 15 is 0 Å². The van der Waals surface area contributed by atoms with E-state index in [1.807, 2.05) is 0 Å². The third kappa shape index (κ3) is 8.22.